The molecule has 1 atom stereocenters. The maximum absolute atomic E-state index is 12.0. The first-order chi connectivity index (χ1) is 11.4. The van der Waals surface area contributed by atoms with Gasteiger partial charge in [-0.1, -0.05) is 19.0 Å². The molecule has 0 aromatic carbocycles. The summed E-state index contributed by atoms with van der Waals surface area (Å²) >= 11 is 1.28. The van der Waals surface area contributed by atoms with Crippen LogP contribution in [0, 0.1) is 12.8 Å². The topological polar surface area (TPSA) is 93.5 Å². The van der Waals surface area contributed by atoms with E-state index in [4.69, 9.17) is 9.26 Å². The SMILES string of the molecule is Cc1cc(NC(=O)C(C)SCC(=O)NCCCOCC(C)C)no1. The van der Waals surface area contributed by atoms with Crippen LogP contribution in [0.4, 0.5) is 5.82 Å². The Kier molecular flexibility index (Phi) is 9.48. The van der Waals surface area contributed by atoms with E-state index in [9.17, 15) is 9.59 Å². The first-order valence-electron chi connectivity index (χ1n) is 8.08. The predicted octanol–water partition coefficient (Wildman–Crippen LogP) is 2.22. The fourth-order valence-electron chi connectivity index (χ4n) is 1.70. The molecule has 0 radical (unpaired) electrons. The van der Waals surface area contributed by atoms with Crippen molar-refractivity contribution < 1.29 is 18.8 Å². The van der Waals surface area contributed by atoms with Crippen molar-refractivity contribution in [1.82, 2.24) is 10.5 Å². The van der Waals surface area contributed by atoms with Crippen molar-refractivity contribution in [1.29, 1.82) is 0 Å². The van der Waals surface area contributed by atoms with Gasteiger partial charge in [-0.2, -0.15) is 0 Å². The number of carbonyl (C=O) groups excluding carboxylic acids is 2. The standard InChI is InChI=1S/C16H27N3O4S/c1-11(2)9-22-7-5-6-17-15(20)10-24-13(4)16(21)18-14-8-12(3)23-19-14/h8,11,13H,5-7,9-10H2,1-4H3,(H,17,20)(H,18,19,21). The number of hydrogen-bond donors (Lipinski definition) is 2. The molecule has 8 heteroatoms. The Bertz CT molecular complexity index is 519. The number of thioether (sulfide) groups is 1. The van der Waals surface area contributed by atoms with Gasteiger partial charge in [-0.05, 0) is 26.2 Å². The summed E-state index contributed by atoms with van der Waals surface area (Å²) in [4.78, 5) is 23.7. The maximum Gasteiger partial charge on any atom is 0.238 e. The molecule has 0 fully saturated rings. The van der Waals surface area contributed by atoms with Crippen molar-refractivity contribution in [3.8, 4) is 0 Å². The number of carbonyl (C=O) groups is 2. The second-order valence-corrected chi connectivity index (χ2v) is 7.27. The summed E-state index contributed by atoms with van der Waals surface area (Å²) in [6.07, 6.45) is 0.782. The zero-order chi connectivity index (χ0) is 17.9. The van der Waals surface area contributed by atoms with Gasteiger partial charge >= 0.3 is 0 Å². The third kappa shape index (κ3) is 8.93. The average Bonchev–Trinajstić information content (AvgIpc) is 2.92. The number of anilines is 1. The van der Waals surface area contributed by atoms with E-state index in [1.807, 2.05) is 0 Å². The molecule has 1 unspecified atom stereocenters. The summed E-state index contributed by atoms with van der Waals surface area (Å²) in [5.41, 5.74) is 0. The molecule has 136 valence electrons. The van der Waals surface area contributed by atoms with Crippen LogP contribution in [0.2, 0.25) is 0 Å². The molecule has 0 spiro atoms. The van der Waals surface area contributed by atoms with Gasteiger partial charge in [0, 0.05) is 25.8 Å². The van der Waals surface area contributed by atoms with E-state index in [1.54, 1.807) is 19.9 Å². The highest BCUT2D eigenvalue weighted by molar-refractivity contribution is 8.01. The molecule has 0 aliphatic carbocycles. The van der Waals surface area contributed by atoms with Crippen LogP contribution in [-0.2, 0) is 14.3 Å². The van der Waals surface area contributed by atoms with Crippen molar-refractivity contribution in [2.75, 3.05) is 30.8 Å². The van der Waals surface area contributed by atoms with Gasteiger partial charge in [0.15, 0.2) is 5.82 Å². The lowest BCUT2D eigenvalue weighted by atomic mass is 10.2. The zero-order valence-corrected chi connectivity index (χ0v) is 15.6. The van der Waals surface area contributed by atoms with E-state index in [0.717, 1.165) is 13.0 Å². The number of nitrogens with one attached hydrogen (secondary N) is 2. The Labute approximate surface area is 147 Å². The second-order valence-electron chi connectivity index (χ2n) is 5.94. The minimum absolute atomic E-state index is 0.0826. The normalized spacial score (nSPS) is 12.2. The molecule has 1 aromatic heterocycles. The van der Waals surface area contributed by atoms with Crippen LogP contribution in [0.3, 0.4) is 0 Å². The molecule has 2 amide bonds. The number of nitrogens with zero attached hydrogens (tertiary/aromatic N) is 1. The number of hydrogen-bond acceptors (Lipinski definition) is 6. The molecule has 0 aliphatic heterocycles. The first-order valence-corrected chi connectivity index (χ1v) is 9.13. The second kappa shape index (κ2) is 11.1. The number of aromatic nitrogens is 1. The quantitative estimate of drug-likeness (QED) is 0.590. The van der Waals surface area contributed by atoms with Crippen molar-refractivity contribution in [2.24, 2.45) is 5.92 Å². The van der Waals surface area contributed by atoms with Gasteiger partial charge in [0.05, 0.1) is 11.0 Å². The van der Waals surface area contributed by atoms with Crippen LogP contribution >= 0.6 is 11.8 Å². The van der Waals surface area contributed by atoms with Crippen molar-refractivity contribution in [3.05, 3.63) is 11.8 Å². The Morgan fingerprint density at radius 1 is 1.38 bits per heavy atom. The van der Waals surface area contributed by atoms with Crippen LogP contribution < -0.4 is 10.6 Å². The molecule has 1 rings (SSSR count). The highest BCUT2D eigenvalue weighted by Gasteiger charge is 2.16. The van der Waals surface area contributed by atoms with Crippen molar-refractivity contribution in [3.63, 3.8) is 0 Å². The minimum atomic E-state index is -0.359. The molecule has 7 nitrogen and oxygen atoms in total. The average molecular weight is 357 g/mol. The third-order valence-corrected chi connectivity index (χ3v) is 4.09. The van der Waals surface area contributed by atoms with Crippen LogP contribution in [0.15, 0.2) is 10.6 Å². The Hall–Kier alpha value is -1.54. The first kappa shape index (κ1) is 20.5. The lowest BCUT2D eigenvalue weighted by Crippen LogP contribution is -2.29. The summed E-state index contributed by atoms with van der Waals surface area (Å²) in [6.45, 7) is 9.65. The smallest absolute Gasteiger partial charge is 0.238 e. The summed E-state index contributed by atoms with van der Waals surface area (Å²) in [6, 6.07) is 1.64. The van der Waals surface area contributed by atoms with Gasteiger partial charge in [0.2, 0.25) is 11.8 Å². The predicted molar refractivity (Wildman–Crippen MR) is 95.1 cm³/mol. The van der Waals surface area contributed by atoms with Crippen LogP contribution in [0.25, 0.3) is 0 Å². The van der Waals surface area contributed by atoms with E-state index in [1.165, 1.54) is 11.8 Å². The van der Waals surface area contributed by atoms with E-state index in [-0.39, 0.29) is 22.8 Å². The Morgan fingerprint density at radius 3 is 2.75 bits per heavy atom. The molecule has 0 saturated heterocycles. The molecule has 0 bridgehead atoms. The third-order valence-electron chi connectivity index (χ3n) is 2.95. The van der Waals surface area contributed by atoms with Gasteiger partial charge in [0.1, 0.15) is 5.76 Å². The largest absolute Gasteiger partial charge is 0.381 e. The number of rotatable bonds is 11. The molecular formula is C16H27N3O4S. The lowest BCUT2D eigenvalue weighted by Gasteiger charge is -2.11. The number of aryl methyl sites for hydroxylation is 1. The minimum Gasteiger partial charge on any atom is -0.381 e. The molecule has 1 heterocycles. The van der Waals surface area contributed by atoms with Crippen molar-refractivity contribution in [2.45, 2.75) is 39.4 Å². The van der Waals surface area contributed by atoms with Crippen molar-refractivity contribution >= 4 is 29.4 Å². The van der Waals surface area contributed by atoms with E-state index in [0.29, 0.717) is 30.6 Å². The van der Waals surface area contributed by atoms with Crippen LogP contribution in [0.5, 0.6) is 0 Å². The fourth-order valence-corrected chi connectivity index (χ4v) is 2.42. The van der Waals surface area contributed by atoms with E-state index >= 15 is 0 Å². The number of amides is 2. The molecule has 2 N–H and O–H groups in total. The van der Waals surface area contributed by atoms with Gasteiger partial charge in [-0.15, -0.1) is 11.8 Å². The molecule has 0 saturated carbocycles. The van der Waals surface area contributed by atoms with Gasteiger partial charge in [0.25, 0.3) is 0 Å². The highest BCUT2D eigenvalue weighted by Crippen LogP contribution is 2.14. The molecule has 1 aromatic rings. The van der Waals surface area contributed by atoms with Gasteiger partial charge in [-0.3, -0.25) is 9.59 Å². The van der Waals surface area contributed by atoms with E-state index in [2.05, 4.69) is 29.6 Å². The number of ether oxygens (including phenoxy) is 1. The Balaban J connectivity index is 2.11. The molecular weight excluding hydrogens is 330 g/mol. The van der Waals surface area contributed by atoms with Crippen LogP contribution in [-0.4, -0.2) is 47.7 Å². The van der Waals surface area contributed by atoms with Gasteiger partial charge < -0.3 is 19.9 Å². The zero-order valence-electron chi connectivity index (χ0n) is 14.8. The van der Waals surface area contributed by atoms with Crippen LogP contribution in [0.1, 0.15) is 33.0 Å². The Morgan fingerprint density at radius 2 is 2.12 bits per heavy atom. The fraction of sp³-hybridized carbons (Fsp3) is 0.688. The maximum atomic E-state index is 12.0. The lowest BCUT2D eigenvalue weighted by molar-refractivity contribution is -0.118. The summed E-state index contributed by atoms with van der Waals surface area (Å²) in [5, 5.41) is 8.81. The monoisotopic (exact) mass is 357 g/mol. The summed E-state index contributed by atoms with van der Waals surface area (Å²) in [7, 11) is 0. The molecule has 24 heavy (non-hydrogen) atoms. The highest BCUT2D eigenvalue weighted by atomic mass is 32.2. The summed E-state index contributed by atoms with van der Waals surface area (Å²) < 4.78 is 10.3. The van der Waals surface area contributed by atoms with E-state index < -0.39 is 0 Å². The summed E-state index contributed by atoms with van der Waals surface area (Å²) in [5.74, 6) is 1.48. The molecule has 0 aliphatic rings. The van der Waals surface area contributed by atoms with Gasteiger partial charge in [-0.25, -0.2) is 0 Å².